The van der Waals surface area contributed by atoms with Crippen LogP contribution in [0, 0.1) is 6.92 Å². The highest BCUT2D eigenvalue weighted by Gasteiger charge is 2.37. The molecule has 1 aromatic rings. The normalized spacial score (nSPS) is 13.8. The lowest BCUT2D eigenvalue weighted by molar-refractivity contribution is 0.0599. The van der Waals surface area contributed by atoms with Crippen molar-refractivity contribution in [3.63, 3.8) is 0 Å². The zero-order chi connectivity index (χ0) is 17.1. The summed E-state index contributed by atoms with van der Waals surface area (Å²) in [5.41, 5.74) is 2.06. The summed E-state index contributed by atoms with van der Waals surface area (Å²) < 4.78 is 10.8. The van der Waals surface area contributed by atoms with E-state index in [9.17, 15) is 9.90 Å². The van der Waals surface area contributed by atoms with Gasteiger partial charge in [-0.1, -0.05) is 32.9 Å². The third-order valence-electron chi connectivity index (χ3n) is 4.45. The van der Waals surface area contributed by atoms with E-state index in [2.05, 4.69) is 33.9 Å². The largest absolute Gasteiger partial charge is 0.465 e. The molecular weight excluding hydrogens is 296 g/mol. The van der Waals surface area contributed by atoms with Crippen molar-refractivity contribution in [2.24, 2.45) is 0 Å². The molecule has 0 heterocycles. The Morgan fingerprint density at radius 1 is 1.32 bits per heavy atom. The molecule has 1 unspecified atom stereocenters. The first kappa shape index (κ1) is 18.9. The second kappa shape index (κ2) is 6.94. The van der Waals surface area contributed by atoms with Crippen molar-refractivity contribution in [2.45, 2.75) is 51.9 Å². The topological polar surface area (TPSA) is 55.8 Å². The Bertz CT molecular complexity index is 532. The van der Waals surface area contributed by atoms with E-state index in [1.807, 2.05) is 13.0 Å². The molecule has 22 heavy (non-hydrogen) atoms. The molecule has 0 fully saturated rings. The summed E-state index contributed by atoms with van der Waals surface area (Å²) in [4.78, 5) is 11.6. The van der Waals surface area contributed by atoms with Crippen LogP contribution in [0.4, 0.5) is 0 Å². The number of aliphatic hydroxyl groups is 1. The second-order valence-corrected chi connectivity index (χ2v) is 12.0. The molecule has 0 saturated heterocycles. The van der Waals surface area contributed by atoms with E-state index < -0.39 is 14.4 Å². The van der Waals surface area contributed by atoms with Crippen molar-refractivity contribution >= 4 is 14.3 Å². The minimum absolute atomic E-state index is 0.109. The van der Waals surface area contributed by atoms with Crippen LogP contribution in [0.15, 0.2) is 18.2 Å². The number of esters is 1. The predicted molar refractivity (Wildman–Crippen MR) is 90.6 cm³/mol. The van der Waals surface area contributed by atoms with Gasteiger partial charge in [-0.25, -0.2) is 4.79 Å². The standard InChI is InChI=1S/C17H28O4Si/c1-12-10-13(8-9-14(12)16(19)20-5)15(18)11-21-22(6,7)17(2,3)4/h8-10,15,18H,11H2,1-7H3. The maximum atomic E-state index is 11.6. The zero-order valence-electron chi connectivity index (χ0n) is 14.7. The van der Waals surface area contributed by atoms with Gasteiger partial charge in [0.05, 0.1) is 19.3 Å². The maximum absolute atomic E-state index is 11.6. The molecule has 0 bridgehead atoms. The van der Waals surface area contributed by atoms with Gasteiger partial charge in [0.25, 0.3) is 0 Å². The lowest BCUT2D eigenvalue weighted by Gasteiger charge is -2.36. The molecule has 0 spiro atoms. The molecule has 0 saturated carbocycles. The maximum Gasteiger partial charge on any atom is 0.338 e. The number of rotatable bonds is 5. The van der Waals surface area contributed by atoms with Crippen molar-refractivity contribution in [2.75, 3.05) is 13.7 Å². The molecule has 4 nitrogen and oxygen atoms in total. The number of aliphatic hydroxyl groups excluding tert-OH is 1. The Hall–Kier alpha value is -1.17. The molecule has 1 atom stereocenters. The van der Waals surface area contributed by atoms with Gasteiger partial charge in [-0.2, -0.15) is 0 Å². The summed E-state index contributed by atoms with van der Waals surface area (Å²) in [5.74, 6) is -0.365. The van der Waals surface area contributed by atoms with Gasteiger partial charge in [0.2, 0.25) is 0 Å². The Kier molecular flexibility index (Phi) is 5.95. The van der Waals surface area contributed by atoms with Crippen molar-refractivity contribution < 1.29 is 19.1 Å². The molecule has 124 valence electrons. The first-order chi connectivity index (χ1) is 9.99. The quantitative estimate of drug-likeness (QED) is 0.660. The second-order valence-electron chi connectivity index (χ2n) is 7.15. The molecule has 1 N–H and O–H groups in total. The molecular formula is C17H28O4Si. The summed E-state index contributed by atoms with van der Waals surface area (Å²) in [6.45, 7) is 12.9. The Morgan fingerprint density at radius 2 is 1.91 bits per heavy atom. The molecule has 0 amide bonds. The van der Waals surface area contributed by atoms with Crippen LogP contribution in [0.25, 0.3) is 0 Å². The van der Waals surface area contributed by atoms with Crippen molar-refractivity contribution in [3.8, 4) is 0 Å². The zero-order valence-corrected chi connectivity index (χ0v) is 15.7. The molecule has 0 aliphatic rings. The lowest BCUT2D eigenvalue weighted by atomic mass is 10.0. The van der Waals surface area contributed by atoms with E-state index in [1.165, 1.54) is 7.11 Å². The van der Waals surface area contributed by atoms with E-state index in [4.69, 9.17) is 9.16 Å². The Labute approximate surface area is 134 Å². The first-order valence-corrected chi connectivity index (χ1v) is 10.4. The van der Waals surface area contributed by atoms with Gasteiger partial charge in [-0.3, -0.25) is 0 Å². The number of hydrogen-bond acceptors (Lipinski definition) is 4. The van der Waals surface area contributed by atoms with Gasteiger partial charge in [-0.15, -0.1) is 0 Å². The Morgan fingerprint density at radius 3 is 2.36 bits per heavy atom. The van der Waals surface area contributed by atoms with E-state index in [-0.39, 0.29) is 17.6 Å². The van der Waals surface area contributed by atoms with Gasteiger partial charge in [0, 0.05) is 0 Å². The van der Waals surface area contributed by atoms with E-state index >= 15 is 0 Å². The minimum atomic E-state index is -1.88. The summed E-state index contributed by atoms with van der Waals surface area (Å²) >= 11 is 0. The van der Waals surface area contributed by atoms with Crippen LogP contribution < -0.4 is 0 Å². The van der Waals surface area contributed by atoms with E-state index in [0.29, 0.717) is 5.56 Å². The molecule has 5 heteroatoms. The monoisotopic (exact) mass is 324 g/mol. The molecule has 1 rings (SSSR count). The molecule has 0 aromatic heterocycles. The number of carbonyl (C=O) groups excluding carboxylic acids is 1. The molecule has 0 radical (unpaired) electrons. The van der Waals surface area contributed by atoms with Crippen LogP contribution in [0.5, 0.6) is 0 Å². The molecule has 0 aliphatic carbocycles. The number of benzene rings is 1. The van der Waals surface area contributed by atoms with Crippen LogP contribution >= 0.6 is 0 Å². The average Bonchev–Trinajstić information content (AvgIpc) is 2.42. The van der Waals surface area contributed by atoms with Gasteiger partial charge in [0.15, 0.2) is 8.32 Å². The van der Waals surface area contributed by atoms with Crippen LogP contribution in [-0.4, -0.2) is 33.1 Å². The highest BCUT2D eigenvalue weighted by molar-refractivity contribution is 6.74. The molecule has 0 aliphatic heterocycles. The number of aryl methyl sites for hydroxylation is 1. The van der Waals surface area contributed by atoms with Crippen LogP contribution in [0.2, 0.25) is 18.1 Å². The molecule has 1 aromatic carbocycles. The summed E-state index contributed by atoms with van der Waals surface area (Å²) in [6, 6.07) is 5.25. The average molecular weight is 324 g/mol. The van der Waals surface area contributed by atoms with Gasteiger partial charge < -0.3 is 14.3 Å². The smallest absolute Gasteiger partial charge is 0.338 e. The third-order valence-corrected chi connectivity index (χ3v) is 8.95. The lowest BCUT2D eigenvalue weighted by Crippen LogP contribution is -2.41. The van der Waals surface area contributed by atoms with E-state index in [1.54, 1.807) is 12.1 Å². The van der Waals surface area contributed by atoms with E-state index in [0.717, 1.165) is 11.1 Å². The summed E-state index contributed by atoms with van der Waals surface area (Å²) in [5, 5.41) is 10.5. The predicted octanol–water partition coefficient (Wildman–Crippen LogP) is 3.84. The fourth-order valence-corrected chi connectivity index (χ4v) is 2.84. The number of methoxy groups -OCH3 is 1. The van der Waals surface area contributed by atoms with Crippen LogP contribution in [-0.2, 0) is 9.16 Å². The SMILES string of the molecule is COC(=O)c1ccc(C(O)CO[Si](C)(C)C(C)(C)C)cc1C. The van der Waals surface area contributed by atoms with Gasteiger partial charge in [0.1, 0.15) is 6.10 Å². The number of hydrogen-bond donors (Lipinski definition) is 1. The van der Waals surface area contributed by atoms with Crippen molar-refractivity contribution in [1.29, 1.82) is 0 Å². The Balaban J connectivity index is 2.81. The van der Waals surface area contributed by atoms with Gasteiger partial charge in [-0.05, 0) is 42.2 Å². The highest BCUT2D eigenvalue weighted by Crippen LogP contribution is 2.37. The van der Waals surface area contributed by atoms with Crippen molar-refractivity contribution in [1.82, 2.24) is 0 Å². The van der Waals surface area contributed by atoms with Crippen LogP contribution in [0.3, 0.4) is 0 Å². The van der Waals surface area contributed by atoms with Crippen molar-refractivity contribution in [3.05, 3.63) is 34.9 Å². The minimum Gasteiger partial charge on any atom is -0.465 e. The fraction of sp³-hybridized carbons (Fsp3) is 0.588. The summed E-state index contributed by atoms with van der Waals surface area (Å²) in [6.07, 6.45) is -0.695. The number of ether oxygens (including phenoxy) is 1. The van der Waals surface area contributed by atoms with Gasteiger partial charge >= 0.3 is 5.97 Å². The number of carbonyl (C=O) groups is 1. The highest BCUT2D eigenvalue weighted by atomic mass is 28.4. The van der Waals surface area contributed by atoms with Crippen LogP contribution in [0.1, 0.15) is 48.4 Å². The third kappa shape index (κ3) is 4.41. The first-order valence-electron chi connectivity index (χ1n) is 7.50. The summed E-state index contributed by atoms with van der Waals surface area (Å²) in [7, 11) is -0.524. The fourth-order valence-electron chi connectivity index (χ4n) is 1.83.